The van der Waals surface area contributed by atoms with Gasteiger partial charge in [-0.1, -0.05) is 39.5 Å². The Morgan fingerprint density at radius 2 is 1.14 bits per heavy atom. The fourth-order valence-corrected chi connectivity index (χ4v) is 6.27. The number of thiophene rings is 2. The van der Waals surface area contributed by atoms with E-state index in [2.05, 4.69) is 57.8 Å². The molecule has 0 atom stereocenters. The Balaban J connectivity index is 2.23. The molecule has 0 spiro atoms. The second-order valence-corrected chi connectivity index (χ2v) is 10.6. The van der Waals surface area contributed by atoms with Crippen LogP contribution in [0.4, 0.5) is 0 Å². The van der Waals surface area contributed by atoms with Crippen LogP contribution in [-0.2, 0) is 12.8 Å². The minimum absolute atomic E-state index is 1.20. The SMILES string of the molecule is CCCCCc1cc(Br)sc1-c1sc(Br)cc1CCCCC. The van der Waals surface area contributed by atoms with E-state index in [9.17, 15) is 0 Å². The first-order valence-electron chi connectivity index (χ1n) is 8.22. The van der Waals surface area contributed by atoms with Crippen LogP contribution in [0.3, 0.4) is 0 Å². The van der Waals surface area contributed by atoms with E-state index in [4.69, 9.17) is 0 Å². The molecule has 0 unspecified atom stereocenters. The summed E-state index contributed by atoms with van der Waals surface area (Å²) in [5.41, 5.74) is 3.05. The van der Waals surface area contributed by atoms with Crippen molar-refractivity contribution < 1.29 is 0 Å². The van der Waals surface area contributed by atoms with Crippen LogP contribution in [0.1, 0.15) is 63.5 Å². The first kappa shape index (κ1) is 18.7. The molecule has 2 rings (SSSR count). The maximum Gasteiger partial charge on any atom is 0.0708 e. The molecule has 0 aliphatic heterocycles. The highest BCUT2D eigenvalue weighted by Gasteiger charge is 2.16. The molecule has 2 aromatic heterocycles. The Kier molecular flexibility index (Phi) is 8.16. The molecule has 2 aromatic rings. The summed E-state index contributed by atoms with van der Waals surface area (Å²) in [6.07, 6.45) is 10.2. The number of rotatable bonds is 9. The van der Waals surface area contributed by atoms with E-state index >= 15 is 0 Å². The van der Waals surface area contributed by atoms with Gasteiger partial charge in [-0.2, -0.15) is 0 Å². The third-order valence-electron chi connectivity index (χ3n) is 3.86. The smallest absolute Gasteiger partial charge is 0.0708 e. The molecule has 0 saturated carbocycles. The first-order valence-corrected chi connectivity index (χ1v) is 11.4. The fourth-order valence-electron chi connectivity index (χ4n) is 2.68. The summed E-state index contributed by atoms with van der Waals surface area (Å²) >= 11 is 11.2. The molecule has 0 N–H and O–H groups in total. The van der Waals surface area contributed by atoms with Crippen LogP contribution in [0.5, 0.6) is 0 Å². The van der Waals surface area contributed by atoms with Crippen molar-refractivity contribution in [2.24, 2.45) is 0 Å². The number of aryl methyl sites for hydroxylation is 2. The zero-order valence-corrected chi connectivity index (χ0v) is 18.2. The van der Waals surface area contributed by atoms with Crippen molar-refractivity contribution in [1.29, 1.82) is 0 Å². The summed E-state index contributed by atoms with van der Waals surface area (Å²) in [7, 11) is 0. The lowest BCUT2D eigenvalue weighted by Gasteiger charge is -2.05. The highest BCUT2D eigenvalue weighted by molar-refractivity contribution is 9.11. The molecule has 0 bridgehead atoms. The van der Waals surface area contributed by atoms with E-state index in [0.717, 1.165) is 0 Å². The number of halogens is 2. The number of unbranched alkanes of at least 4 members (excludes halogenated alkanes) is 4. The van der Waals surface area contributed by atoms with Crippen molar-refractivity contribution >= 4 is 54.5 Å². The zero-order chi connectivity index (χ0) is 15.9. The summed E-state index contributed by atoms with van der Waals surface area (Å²) in [5.74, 6) is 0. The van der Waals surface area contributed by atoms with Crippen LogP contribution in [-0.4, -0.2) is 0 Å². The van der Waals surface area contributed by atoms with E-state index in [1.54, 1.807) is 0 Å². The number of hydrogen-bond donors (Lipinski definition) is 0. The van der Waals surface area contributed by atoms with Crippen molar-refractivity contribution in [3.05, 3.63) is 30.8 Å². The quantitative estimate of drug-likeness (QED) is 0.327. The fraction of sp³-hybridized carbons (Fsp3) is 0.556. The molecule has 0 aliphatic rings. The van der Waals surface area contributed by atoms with Gasteiger partial charge in [-0.25, -0.2) is 0 Å². The van der Waals surface area contributed by atoms with Gasteiger partial charge in [0.25, 0.3) is 0 Å². The van der Waals surface area contributed by atoms with Gasteiger partial charge >= 0.3 is 0 Å². The predicted octanol–water partition coefficient (Wildman–Crippen LogP) is 8.47. The Bertz CT molecular complexity index is 532. The van der Waals surface area contributed by atoms with Gasteiger partial charge < -0.3 is 0 Å². The van der Waals surface area contributed by atoms with Crippen LogP contribution in [0, 0.1) is 0 Å². The highest BCUT2D eigenvalue weighted by Crippen LogP contribution is 2.44. The third-order valence-corrected chi connectivity index (χ3v) is 7.39. The lowest BCUT2D eigenvalue weighted by atomic mass is 10.0. The largest absolute Gasteiger partial charge is 0.127 e. The average molecular weight is 464 g/mol. The van der Waals surface area contributed by atoms with E-state index in [1.807, 2.05) is 22.7 Å². The molecule has 0 saturated heterocycles. The highest BCUT2D eigenvalue weighted by atomic mass is 79.9. The molecule has 0 radical (unpaired) electrons. The lowest BCUT2D eigenvalue weighted by Crippen LogP contribution is -1.88. The third kappa shape index (κ3) is 5.19. The molecule has 4 heteroatoms. The van der Waals surface area contributed by atoms with Gasteiger partial charge in [0.15, 0.2) is 0 Å². The summed E-state index contributed by atoms with van der Waals surface area (Å²) < 4.78 is 2.52. The van der Waals surface area contributed by atoms with Crippen LogP contribution in [0.25, 0.3) is 9.75 Å². The maximum absolute atomic E-state index is 3.70. The Hall–Kier alpha value is 0.360. The minimum atomic E-state index is 1.20. The van der Waals surface area contributed by atoms with E-state index in [-0.39, 0.29) is 0 Å². The predicted molar refractivity (Wildman–Crippen MR) is 109 cm³/mol. The molecule has 0 aliphatic carbocycles. The van der Waals surface area contributed by atoms with Crippen LogP contribution in [0.2, 0.25) is 0 Å². The molecule has 2 heterocycles. The maximum atomic E-state index is 3.70. The van der Waals surface area contributed by atoms with Gasteiger partial charge in [0.1, 0.15) is 0 Å². The van der Waals surface area contributed by atoms with E-state index in [0.29, 0.717) is 0 Å². The normalized spacial score (nSPS) is 11.3. The van der Waals surface area contributed by atoms with E-state index < -0.39 is 0 Å². The Morgan fingerprint density at radius 3 is 1.50 bits per heavy atom. The van der Waals surface area contributed by atoms with Crippen molar-refractivity contribution in [3.63, 3.8) is 0 Å². The van der Waals surface area contributed by atoms with Crippen molar-refractivity contribution in [3.8, 4) is 9.75 Å². The standard InChI is InChI=1S/C18H24Br2S2/c1-3-5-7-9-13-11-15(19)21-17(13)18-14(10-8-6-4-2)12-16(20)22-18/h11-12H,3-10H2,1-2H3. The summed E-state index contributed by atoms with van der Waals surface area (Å²) in [6, 6.07) is 4.66. The molecule has 0 fully saturated rings. The lowest BCUT2D eigenvalue weighted by molar-refractivity contribution is 0.717. The van der Waals surface area contributed by atoms with Gasteiger partial charge in [-0.05, 0) is 80.8 Å². The summed E-state index contributed by atoms with van der Waals surface area (Å²) in [6.45, 7) is 4.54. The molecule has 0 aromatic carbocycles. The average Bonchev–Trinajstić information content (AvgIpc) is 3.02. The molecular weight excluding hydrogens is 440 g/mol. The van der Waals surface area contributed by atoms with Crippen LogP contribution < -0.4 is 0 Å². The van der Waals surface area contributed by atoms with Gasteiger partial charge in [-0.15, -0.1) is 22.7 Å². The van der Waals surface area contributed by atoms with Crippen LogP contribution in [0.15, 0.2) is 19.7 Å². The van der Waals surface area contributed by atoms with Crippen molar-refractivity contribution in [1.82, 2.24) is 0 Å². The molecular formula is C18H24Br2S2. The van der Waals surface area contributed by atoms with Crippen LogP contribution >= 0.6 is 54.5 Å². The topological polar surface area (TPSA) is 0 Å². The van der Waals surface area contributed by atoms with Gasteiger partial charge in [0.2, 0.25) is 0 Å². The molecule has 22 heavy (non-hydrogen) atoms. The van der Waals surface area contributed by atoms with Crippen molar-refractivity contribution in [2.45, 2.75) is 65.2 Å². The molecule has 0 nitrogen and oxygen atoms in total. The monoisotopic (exact) mass is 462 g/mol. The second kappa shape index (κ2) is 9.61. The van der Waals surface area contributed by atoms with Gasteiger partial charge in [0, 0.05) is 9.75 Å². The first-order chi connectivity index (χ1) is 10.7. The minimum Gasteiger partial charge on any atom is -0.127 e. The zero-order valence-electron chi connectivity index (χ0n) is 13.4. The Morgan fingerprint density at radius 1 is 0.727 bits per heavy atom. The molecule has 0 amide bonds. The second-order valence-electron chi connectivity index (χ2n) is 5.72. The van der Waals surface area contributed by atoms with Gasteiger partial charge in [-0.3, -0.25) is 0 Å². The van der Waals surface area contributed by atoms with E-state index in [1.165, 1.54) is 79.8 Å². The van der Waals surface area contributed by atoms with Gasteiger partial charge in [0.05, 0.1) is 7.57 Å². The number of hydrogen-bond acceptors (Lipinski definition) is 2. The summed E-state index contributed by atoms with van der Waals surface area (Å²) in [4.78, 5) is 2.98. The molecule has 122 valence electrons. The Labute approximate surface area is 159 Å². The van der Waals surface area contributed by atoms with Crippen molar-refractivity contribution in [2.75, 3.05) is 0 Å². The summed E-state index contributed by atoms with van der Waals surface area (Å²) in [5, 5.41) is 0.